The number of isothiocyanates is 1. The molecule has 0 aliphatic heterocycles. The molecule has 0 bridgehead atoms. The quantitative estimate of drug-likeness (QED) is 0.420. The van der Waals surface area contributed by atoms with Gasteiger partial charge in [-0.05, 0) is 40.3 Å². The van der Waals surface area contributed by atoms with E-state index in [4.69, 9.17) is 23.2 Å². The summed E-state index contributed by atoms with van der Waals surface area (Å²) in [5, 5.41) is 3.25. The fourth-order valence-electron chi connectivity index (χ4n) is 0.659. The van der Waals surface area contributed by atoms with Crippen LogP contribution in [-0.2, 0) is 0 Å². The maximum Gasteiger partial charge on any atom is 0.0770 e. The molecule has 0 atom stereocenters. The third kappa shape index (κ3) is 2.28. The van der Waals surface area contributed by atoms with Gasteiger partial charge in [-0.2, -0.15) is 4.99 Å². The van der Waals surface area contributed by atoms with Crippen LogP contribution in [-0.4, -0.2) is 5.16 Å². The molecular formula is C7H2BrCl2NS. The number of hydrogen-bond donors (Lipinski definition) is 0. The molecule has 0 unspecified atom stereocenters. The average molecular weight is 283 g/mol. The van der Waals surface area contributed by atoms with Crippen molar-refractivity contribution in [1.82, 2.24) is 0 Å². The molecule has 0 amide bonds. The number of nitrogens with zero attached hydrogens (tertiary/aromatic N) is 1. The Morgan fingerprint density at radius 3 is 2.25 bits per heavy atom. The van der Waals surface area contributed by atoms with Gasteiger partial charge >= 0.3 is 0 Å². The van der Waals surface area contributed by atoms with E-state index in [1.807, 2.05) is 0 Å². The average Bonchev–Trinajstić information content (AvgIpc) is 2.01. The predicted octanol–water partition coefficient (Wildman–Crippen LogP) is 4.49. The van der Waals surface area contributed by atoms with Gasteiger partial charge in [0.05, 0.1) is 25.4 Å². The smallest absolute Gasteiger partial charge is 0.0770 e. The van der Waals surface area contributed by atoms with Crippen molar-refractivity contribution >= 4 is 62.2 Å². The number of hydrogen-bond acceptors (Lipinski definition) is 2. The molecule has 0 N–H and O–H groups in total. The molecular weight excluding hydrogens is 281 g/mol. The second-order valence-corrected chi connectivity index (χ2v) is 3.72. The summed E-state index contributed by atoms with van der Waals surface area (Å²) >= 11 is 19.3. The zero-order valence-electron chi connectivity index (χ0n) is 5.64. The van der Waals surface area contributed by atoms with Gasteiger partial charge in [-0.3, -0.25) is 0 Å². The second kappa shape index (κ2) is 4.35. The molecule has 12 heavy (non-hydrogen) atoms. The molecule has 5 heteroatoms. The van der Waals surface area contributed by atoms with Gasteiger partial charge < -0.3 is 0 Å². The Kier molecular flexibility index (Phi) is 3.69. The summed E-state index contributed by atoms with van der Waals surface area (Å²) in [5.41, 5.74) is 0.600. The second-order valence-electron chi connectivity index (χ2n) is 1.93. The van der Waals surface area contributed by atoms with Gasteiger partial charge in [0, 0.05) is 0 Å². The highest BCUT2D eigenvalue weighted by Gasteiger charge is 2.03. The third-order valence-electron chi connectivity index (χ3n) is 1.14. The molecule has 0 fully saturated rings. The topological polar surface area (TPSA) is 12.4 Å². The highest BCUT2D eigenvalue weighted by Crippen LogP contribution is 2.34. The molecule has 0 spiro atoms. The van der Waals surface area contributed by atoms with Crippen molar-refractivity contribution < 1.29 is 0 Å². The van der Waals surface area contributed by atoms with Crippen LogP contribution in [0.25, 0.3) is 0 Å². The molecule has 0 heterocycles. The van der Waals surface area contributed by atoms with Gasteiger partial charge in [0.15, 0.2) is 0 Å². The molecule has 0 saturated carbocycles. The molecule has 0 aliphatic rings. The van der Waals surface area contributed by atoms with Gasteiger partial charge in [-0.15, -0.1) is 0 Å². The number of thiocarbonyl (C=S) groups is 1. The molecule has 1 aromatic rings. The van der Waals surface area contributed by atoms with Gasteiger partial charge in [0.1, 0.15) is 0 Å². The number of benzene rings is 1. The van der Waals surface area contributed by atoms with E-state index in [1.165, 1.54) is 0 Å². The van der Waals surface area contributed by atoms with Crippen molar-refractivity contribution in [1.29, 1.82) is 0 Å². The number of rotatable bonds is 1. The van der Waals surface area contributed by atoms with Crippen LogP contribution in [0.5, 0.6) is 0 Å². The summed E-state index contributed by atoms with van der Waals surface area (Å²) in [6, 6.07) is 3.30. The van der Waals surface area contributed by atoms with E-state index in [2.05, 4.69) is 38.3 Å². The number of aliphatic imine (C=N–C) groups is 1. The lowest BCUT2D eigenvalue weighted by atomic mass is 10.3. The van der Waals surface area contributed by atoms with E-state index in [-0.39, 0.29) is 0 Å². The number of halogens is 3. The Morgan fingerprint density at radius 2 is 1.83 bits per heavy atom. The van der Waals surface area contributed by atoms with E-state index >= 15 is 0 Å². The highest BCUT2D eigenvalue weighted by atomic mass is 79.9. The van der Waals surface area contributed by atoms with E-state index in [9.17, 15) is 0 Å². The lowest BCUT2D eigenvalue weighted by Crippen LogP contribution is -1.72. The van der Waals surface area contributed by atoms with Gasteiger partial charge in [-0.25, -0.2) is 0 Å². The van der Waals surface area contributed by atoms with E-state index < -0.39 is 0 Å². The Bertz CT molecular complexity index is 337. The first kappa shape index (κ1) is 10.2. The summed E-state index contributed by atoms with van der Waals surface area (Å²) < 4.78 is 0.661. The first-order valence-corrected chi connectivity index (χ1v) is 4.83. The minimum atomic E-state index is 0.506. The summed E-state index contributed by atoms with van der Waals surface area (Å²) in [5.74, 6) is 0. The Morgan fingerprint density at radius 1 is 1.33 bits per heavy atom. The van der Waals surface area contributed by atoms with E-state index in [0.29, 0.717) is 20.2 Å². The van der Waals surface area contributed by atoms with Crippen LogP contribution in [0.2, 0.25) is 10.0 Å². The monoisotopic (exact) mass is 281 g/mol. The minimum Gasteiger partial charge on any atom is -0.195 e. The van der Waals surface area contributed by atoms with Crippen molar-refractivity contribution in [2.75, 3.05) is 0 Å². The largest absolute Gasteiger partial charge is 0.195 e. The third-order valence-corrected chi connectivity index (χ3v) is 3.14. The summed E-state index contributed by atoms with van der Waals surface area (Å²) in [4.78, 5) is 3.74. The molecule has 1 aromatic carbocycles. The zero-order valence-corrected chi connectivity index (χ0v) is 9.56. The predicted molar refractivity (Wildman–Crippen MR) is 58.8 cm³/mol. The van der Waals surface area contributed by atoms with Crippen molar-refractivity contribution in [2.45, 2.75) is 0 Å². The van der Waals surface area contributed by atoms with Crippen LogP contribution in [0.4, 0.5) is 5.69 Å². The highest BCUT2D eigenvalue weighted by molar-refractivity contribution is 9.10. The van der Waals surface area contributed by atoms with Crippen molar-refractivity contribution in [3.63, 3.8) is 0 Å². The fraction of sp³-hybridized carbons (Fsp3) is 0. The Hall–Kier alpha value is 0.0800. The van der Waals surface area contributed by atoms with Crippen molar-refractivity contribution in [3.05, 3.63) is 26.7 Å². The molecule has 0 aliphatic carbocycles. The van der Waals surface area contributed by atoms with Crippen LogP contribution in [0.3, 0.4) is 0 Å². The van der Waals surface area contributed by atoms with E-state index in [0.717, 1.165) is 0 Å². The van der Waals surface area contributed by atoms with Gasteiger partial charge in [0.2, 0.25) is 0 Å². The van der Waals surface area contributed by atoms with Gasteiger partial charge in [0.25, 0.3) is 0 Å². The lowest BCUT2D eigenvalue weighted by molar-refractivity contribution is 1.53. The normalized spacial score (nSPS) is 9.25. The van der Waals surface area contributed by atoms with Crippen LogP contribution < -0.4 is 0 Å². The maximum atomic E-state index is 5.80. The zero-order chi connectivity index (χ0) is 9.14. The summed E-state index contributed by atoms with van der Waals surface area (Å²) in [6.07, 6.45) is 0. The Balaban J connectivity index is 3.30. The molecule has 1 nitrogen and oxygen atoms in total. The molecule has 0 aromatic heterocycles. The first-order chi connectivity index (χ1) is 5.65. The molecule has 0 radical (unpaired) electrons. The van der Waals surface area contributed by atoms with E-state index in [1.54, 1.807) is 12.1 Å². The van der Waals surface area contributed by atoms with Crippen LogP contribution in [0, 0.1) is 0 Å². The first-order valence-electron chi connectivity index (χ1n) is 2.87. The summed E-state index contributed by atoms with van der Waals surface area (Å²) in [6.45, 7) is 0. The Labute approximate surface area is 93.5 Å². The van der Waals surface area contributed by atoms with Crippen LogP contribution >= 0.6 is 51.3 Å². The van der Waals surface area contributed by atoms with Crippen molar-refractivity contribution in [3.8, 4) is 0 Å². The SMILES string of the molecule is S=C=Nc1cc(Cl)c(Br)c(Cl)c1. The molecule has 1 rings (SSSR count). The molecule has 0 saturated heterocycles. The van der Waals surface area contributed by atoms with Gasteiger partial charge in [-0.1, -0.05) is 23.2 Å². The fourth-order valence-corrected chi connectivity index (χ4v) is 1.47. The molecule has 62 valence electrons. The van der Waals surface area contributed by atoms with Crippen LogP contribution in [0.1, 0.15) is 0 Å². The lowest BCUT2D eigenvalue weighted by Gasteiger charge is -1.99. The summed E-state index contributed by atoms with van der Waals surface area (Å²) in [7, 11) is 0. The maximum absolute atomic E-state index is 5.80. The minimum absolute atomic E-state index is 0.506. The standard InChI is InChI=1S/C7H2BrCl2NS/c8-7-5(9)1-4(11-3-12)2-6(7)10/h1-2H. The van der Waals surface area contributed by atoms with Crippen LogP contribution in [0.15, 0.2) is 21.6 Å². The van der Waals surface area contributed by atoms with Crippen molar-refractivity contribution in [2.24, 2.45) is 4.99 Å².